The van der Waals surface area contributed by atoms with Gasteiger partial charge in [0.15, 0.2) is 0 Å². The van der Waals surface area contributed by atoms with E-state index in [0.717, 1.165) is 6.61 Å². The molecule has 2 N–H and O–H groups in total. The van der Waals surface area contributed by atoms with Gasteiger partial charge in [-0.05, 0) is 37.5 Å². The lowest BCUT2D eigenvalue weighted by atomic mass is 9.96. The molecule has 0 heterocycles. The highest BCUT2D eigenvalue weighted by Crippen LogP contribution is 2.28. The molecule has 116 valence electrons. The maximum absolute atomic E-state index is 11.9. The lowest BCUT2D eigenvalue weighted by Gasteiger charge is -2.15. The van der Waals surface area contributed by atoms with Crippen LogP contribution in [0, 0.1) is 11.8 Å². The van der Waals surface area contributed by atoms with Crippen LogP contribution in [0.3, 0.4) is 0 Å². The van der Waals surface area contributed by atoms with Crippen molar-refractivity contribution in [1.82, 2.24) is 5.32 Å². The number of aliphatic hydroxyl groups is 1. The summed E-state index contributed by atoms with van der Waals surface area (Å²) in [4.78, 5) is 11.9. The molecule has 2 aliphatic carbocycles. The van der Waals surface area contributed by atoms with Crippen LogP contribution in [0.15, 0.2) is 0 Å². The molecule has 0 radical (unpaired) electrons. The van der Waals surface area contributed by atoms with Gasteiger partial charge in [0.05, 0.1) is 12.7 Å². The van der Waals surface area contributed by atoms with Gasteiger partial charge in [0.2, 0.25) is 5.91 Å². The average molecular weight is 283 g/mol. The minimum absolute atomic E-state index is 0.0816. The minimum Gasteiger partial charge on any atom is -0.389 e. The zero-order chi connectivity index (χ0) is 14.2. The van der Waals surface area contributed by atoms with E-state index in [9.17, 15) is 9.90 Å². The summed E-state index contributed by atoms with van der Waals surface area (Å²) in [5.41, 5.74) is 0. The van der Waals surface area contributed by atoms with Crippen LogP contribution in [0.4, 0.5) is 0 Å². The molecular formula is C16H29NO3. The summed E-state index contributed by atoms with van der Waals surface area (Å²) in [7, 11) is 0. The summed E-state index contributed by atoms with van der Waals surface area (Å²) >= 11 is 0. The van der Waals surface area contributed by atoms with Crippen molar-refractivity contribution in [2.75, 3.05) is 19.8 Å². The maximum atomic E-state index is 11.9. The second-order valence-electron chi connectivity index (χ2n) is 6.50. The highest BCUT2D eigenvalue weighted by atomic mass is 16.5. The second kappa shape index (κ2) is 8.63. The van der Waals surface area contributed by atoms with Crippen LogP contribution in [-0.4, -0.2) is 36.9 Å². The number of hydrogen-bond donors (Lipinski definition) is 2. The SMILES string of the molecule is O=C(CC1CCCCCC1)NC[C@H](O)COCC1CC1. The molecule has 2 fully saturated rings. The maximum Gasteiger partial charge on any atom is 0.220 e. The highest BCUT2D eigenvalue weighted by Gasteiger charge is 2.21. The molecule has 0 aromatic carbocycles. The molecule has 2 saturated carbocycles. The summed E-state index contributed by atoms with van der Waals surface area (Å²) in [6.45, 7) is 1.41. The molecular weight excluding hydrogens is 254 g/mol. The first-order valence-corrected chi connectivity index (χ1v) is 8.26. The molecule has 0 aromatic rings. The molecule has 1 atom stereocenters. The fraction of sp³-hybridized carbons (Fsp3) is 0.938. The van der Waals surface area contributed by atoms with Crippen LogP contribution in [0.25, 0.3) is 0 Å². The number of carbonyl (C=O) groups is 1. The number of ether oxygens (including phenoxy) is 1. The van der Waals surface area contributed by atoms with Gasteiger partial charge in [0, 0.05) is 19.6 Å². The van der Waals surface area contributed by atoms with Crippen molar-refractivity contribution < 1.29 is 14.6 Å². The fourth-order valence-corrected chi connectivity index (χ4v) is 2.85. The van der Waals surface area contributed by atoms with E-state index in [1.54, 1.807) is 0 Å². The van der Waals surface area contributed by atoms with Gasteiger partial charge >= 0.3 is 0 Å². The number of carbonyl (C=O) groups excluding carboxylic acids is 1. The number of amides is 1. The molecule has 0 spiro atoms. The quantitative estimate of drug-likeness (QED) is 0.672. The molecule has 0 bridgehead atoms. The standard InChI is InChI=1S/C16H29NO3/c18-15(12-20-11-14-7-8-14)10-17-16(19)9-13-5-3-1-2-4-6-13/h13-15,18H,1-12H2,(H,17,19)/t15-/m0/s1. The van der Waals surface area contributed by atoms with Crippen molar-refractivity contribution in [2.45, 2.75) is 63.9 Å². The Morgan fingerprint density at radius 2 is 1.80 bits per heavy atom. The normalized spacial score (nSPS) is 22.2. The van der Waals surface area contributed by atoms with Gasteiger partial charge in [-0.15, -0.1) is 0 Å². The van der Waals surface area contributed by atoms with Crippen LogP contribution < -0.4 is 5.32 Å². The van der Waals surface area contributed by atoms with E-state index in [1.807, 2.05) is 0 Å². The lowest BCUT2D eigenvalue weighted by molar-refractivity contribution is -0.122. The van der Waals surface area contributed by atoms with Gasteiger partial charge in [-0.3, -0.25) is 4.79 Å². The molecule has 2 aliphatic rings. The molecule has 20 heavy (non-hydrogen) atoms. The summed E-state index contributed by atoms with van der Waals surface area (Å²) in [6.07, 6.45) is 10.1. The van der Waals surface area contributed by atoms with Crippen molar-refractivity contribution in [3.63, 3.8) is 0 Å². The van der Waals surface area contributed by atoms with Crippen molar-refractivity contribution in [3.8, 4) is 0 Å². The summed E-state index contributed by atoms with van der Waals surface area (Å²) in [6, 6.07) is 0. The van der Waals surface area contributed by atoms with Crippen molar-refractivity contribution in [3.05, 3.63) is 0 Å². The molecule has 2 rings (SSSR count). The van der Waals surface area contributed by atoms with Crippen LogP contribution in [-0.2, 0) is 9.53 Å². The van der Waals surface area contributed by atoms with E-state index < -0.39 is 6.10 Å². The Kier molecular flexibility index (Phi) is 6.80. The number of rotatable bonds is 8. The predicted octanol–water partition coefficient (Wildman–Crippen LogP) is 2.25. The third kappa shape index (κ3) is 6.71. The third-order valence-electron chi connectivity index (χ3n) is 4.34. The zero-order valence-corrected chi connectivity index (χ0v) is 12.5. The topological polar surface area (TPSA) is 58.6 Å². The van der Waals surface area contributed by atoms with E-state index in [0.29, 0.717) is 31.4 Å². The minimum atomic E-state index is -0.577. The first-order chi connectivity index (χ1) is 9.74. The van der Waals surface area contributed by atoms with E-state index in [1.165, 1.54) is 51.4 Å². The first kappa shape index (κ1) is 15.8. The first-order valence-electron chi connectivity index (χ1n) is 8.26. The monoisotopic (exact) mass is 283 g/mol. The zero-order valence-electron chi connectivity index (χ0n) is 12.5. The lowest BCUT2D eigenvalue weighted by Crippen LogP contribution is -2.35. The average Bonchev–Trinajstić information content (AvgIpc) is 3.24. The summed E-state index contributed by atoms with van der Waals surface area (Å²) in [5.74, 6) is 1.34. The second-order valence-corrected chi connectivity index (χ2v) is 6.50. The van der Waals surface area contributed by atoms with Crippen molar-refractivity contribution in [1.29, 1.82) is 0 Å². The number of hydrogen-bond acceptors (Lipinski definition) is 3. The van der Waals surface area contributed by atoms with Gasteiger partial charge < -0.3 is 15.2 Å². The third-order valence-corrected chi connectivity index (χ3v) is 4.34. The molecule has 0 unspecified atom stereocenters. The Morgan fingerprint density at radius 1 is 1.10 bits per heavy atom. The van der Waals surface area contributed by atoms with Gasteiger partial charge in [-0.1, -0.05) is 25.7 Å². The van der Waals surface area contributed by atoms with Gasteiger partial charge in [0.1, 0.15) is 0 Å². The summed E-state index contributed by atoms with van der Waals surface area (Å²) < 4.78 is 5.42. The molecule has 1 amide bonds. The van der Waals surface area contributed by atoms with Crippen LogP contribution >= 0.6 is 0 Å². The van der Waals surface area contributed by atoms with Crippen LogP contribution in [0.1, 0.15) is 57.8 Å². The van der Waals surface area contributed by atoms with Crippen LogP contribution in [0.2, 0.25) is 0 Å². The number of nitrogens with one attached hydrogen (secondary N) is 1. The van der Waals surface area contributed by atoms with Gasteiger partial charge in [-0.25, -0.2) is 0 Å². The van der Waals surface area contributed by atoms with Crippen molar-refractivity contribution >= 4 is 5.91 Å². The Labute approximate surface area is 122 Å². The molecule has 0 aromatic heterocycles. The molecule has 4 nitrogen and oxygen atoms in total. The fourth-order valence-electron chi connectivity index (χ4n) is 2.85. The van der Waals surface area contributed by atoms with E-state index in [-0.39, 0.29) is 5.91 Å². The Hall–Kier alpha value is -0.610. The molecule has 0 aliphatic heterocycles. The summed E-state index contributed by atoms with van der Waals surface area (Å²) in [5, 5.41) is 12.6. The Balaban J connectivity index is 1.51. The largest absolute Gasteiger partial charge is 0.389 e. The molecule has 0 saturated heterocycles. The molecule has 4 heteroatoms. The van der Waals surface area contributed by atoms with E-state index >= 15 is 0 Å². The Morgan fingerprint density at radius 3 is 2.45 bits per heavy atom. The van der Waals surface area contributed by atoms with Gasteiger partial charge in [0.25, 0.3) is 0 Å². The predicted molar refractivity (Wildman–Crippen MR) is 78.4 cm³/mol. The van der Waals surface area contributed by atoms with Crippen molar-refractivity contribution in [2.24, 2.45) is 11.8 Å². The smallest absolute Gasteiger partial charge is 0.220 e. The van der Waals surface area contributed by atoms with Crippen LogP contribution in [0.5, 0.6) is 0 Å². The highest BCUT2D eigenvalue weighted by molar-refractivity contribution is 5.76. The van der Waals surface area contributed by atoms with Gasteiger partial charge in [-0.2, -0.15) is 0 Å². The van der Waals surface area contributed by atoms with E-state index in [4.69, 9.17) is 4.74 Å². The van der Waals surface area contributed by atoms with E-state index in [2.05, 4.69) is 5.32 Å². The number of aliphatic hydroxyl groups excluding tert-OH is 1. The Bertz CT molecular complexity index is 283.